The molecule has 1 aromatic rings. The predicted molar refractivity (Wildman–Crippen MR) is 65.5 cm³/mol. The van der Waals surface area contributed by atoms with Crippen molar-refractivity contribution in [1.29, 1.82) is 0 Å². The molecule has 1 heterocycles. The Balaban J connectivity index is 2.18. The summed E-state index contributed by atoms with van der Waals surface area (Å²) >= 11 is 0. The van der Waals surface area contributed by atoms with E-state index < -0.39 is 5.97 Å². The number of carboxylic acid groups (broad SMARTS) is 1. The molecule has 2 rings (SSSR count). The first-order chi connectivity index (χ1) is 8.70. The summed E-state index contributed by atoms with van der Waals surface area (Å²) in [5, 5.41) is 8.82. The third-order valence-corrected chi connectivity index (χ3v) is 2.49. The molecule has 0 amide bonds. The first-order valence-electron chi connectivity index (χ1n) is 5.54. The zero-order chi connectivity index (χ0) is 13.0. The zero-order valence-corrected chi connectivity index (χ0v) is 9.90. The van der Waals surface area contributed by atoms with Crippen LogP contribution in [0.15, 0.2) is 29.8 Å². The maximum absolute atomic E-state index is 10.8. The Hall–Kier alpha value is -2.41. The number of rotatable bonds is 2. The molecular weight excluding hydrogens is 232 g/mol. The van der Waals surface area contributed by atoms with E-state index in [2.05, 4.69) is 11.8 Å². The highest BCUT2D eigenvalue weighted by atomic mass is 16.7. The van der Waals surface area contributed by atoms with Gasteiger partial charge < -0.3 is 14.6 Å². The number of aliphatic carboxylic acids is 1. The first-order valence-corrected chi connectivity index (χ1v) is 5.54. The Morgan fingerprint density at radius 2 is 2.22 bits per heavy atom. The van der Waals surface area contributed by atoms with Crippen LogP contribution in [0.3, 0.4) is 0 Å². The largest absolute Gasteiger partial charge is 0.478 e. The minimum atomic E-state index is -0.933. The molecule has 0 saturated heterocycles. The number of hydrogen-bond donors (Lipinski definition) is 1. The predicted octanol–water partition coefficient (Wildman–Crippen LogP) is 2.19. The number of carbonyl (C=O) groups is 1. The smallest absolute Gasteiger partial charge is 0.332 e. The van der Waals surface area contributed by atoms with Gasteiger partial charge in [0.2, 0.25) is 6.79 Å². The molecule has 4 heteroatoms. The minimum absolute atomic E-state index is 0.227. The molecule has 1 aliphatic rings. The highest BCUT2D eigenvalue weighted by Gasteiger charge is 2.12. The molecule has 0 radical (unpaired) electrons. The van der Waals surface area contributed by atoms with Gasteiger partial charge in [-0.3, -0.25) is 0 Å². The van der Waals surface area contributed by atoms with E-state index in [0.29, 0.717) is 23.5 Å². The molecule has 4 nitrogen and oxygen atoms in total. The first kappa shape index (κ1) is 12.1. The van der Waals surface area contributed by atoms with Crippen molar-refractivity contribution in [3.05, 3.63) is 35.4 Å². The van der Waals surface area contributed by atoms with E-state index >= 15 is 0 Å². The summed E-state index contributed by atoms with van der Waals surface area (Å²) in [6, 6.07) is 5.37. The van der Waals surface area contributed by atoms with E-state index in [1.54, 1.807) is 25.1 Å². The second-order valence-corrected chi connectivity index (χ2v) is 3.67. The average molecular weight is 244 g/mol. The van der Waals surface area contributed by atoms with Gasteiger partial charge in [0.1, 0.15) is 0 Å². The number of hydrogen-bond acceptors (Lipinski definition) is 3. The Morgan fingerprint density at radius 1 is 1.44 bits per heavy atom. The van der Waals surface area contributed by atoms with Crippen LogP contribution in [0.25, 0.3) is 0 Å². The minimum Gasteiger partial charge on any atom is -0.478 e. The molecule has 1 aromatic carbocycles. The number of allylic oxidation sites excluding steroid dienone is 1. The van der Waals surface area contributed by atoms with Gasteiger partial charge in [0.25, 0.3) is 0 Å². The average Bonchev–Trinajstić information content (AvgIpc) is 2.81. The molecule has 0 unspecified atom stereocenters. The number of benzene rings is 1. The van der Waals surface area contributed by atoms with Gasteiger partial charge in [-0.1, -0.05) is 18.8 Å². The summed E-state index contributed by atoms with van der Waals surface area (Å²) in [6.45, 7) is 2.01. The van der Waals surface area contributed by atoms with Crippen molar-refractivity contribution in [2.75, 3.05) is 6.79 Å². The summed E-state index contributed by atoms with van der Waals surface area (Å²) in [6.07, 6.45) is 1.87. The lowest BCUT2D eigenvalue weighted by atomic mass is 10.1. The molecule has 18 heavy (non-hydrogen) atoms. The van der Waals surface area contributed by atoms with Gasteiger partial charge in [0.15, 0.2) is 11.5 Å². The van der Waals surface area contributed by atoms with Gasteiger partial charge in [0.05, 0.1) is 0 Å². The van der Waals surface area contributed by atoms with Crippen LogP contribution in [-0.4, -0.2) is 17.9 Å². The van der Waals surface area contributed by atoms with Gasteiger partial charge >= 0.3 is 5.97 Å². The SMILES string of the molecule is CCC(=CC#Cc1ccc2c(c1)OCO2)C(=O)O. The molecule has 0 atom stereocenters. The highest BCUT2D eigenvalue weighted by Crippen LogP contribution is 2.32. The van der Waals surface area contributed by atoms with Crippen LogP contribution in [0.4, 0.5) is 0 Å². The highest BCUT2D eigenvalue weighted by molar-refractivity contribution is 5.87. The Kier molecular flexibility index (Phi) is 3.54. The van der Waals surface area contributed by atoms with Crippen molar-refractivity contribution >= 4 is 5.97 Å². The number of carboxylic acids is 1. The van der Waals surface area contributed by atoms with E-state index in [4.69, 9.17) is 14.6 Å². The number of ether oxygens (including phenoxy) is 2. The van der Waals surface area contributed by atoms with Gasteiger partial charge in [-0.2, -0.15) is 0 Å². The van der Waals surface area contributed by atoms with E-state index in [-0.39, 0.29) is 6.79 Å². The van der Waals surface area contributed by atoms with Gasteiger partial charge in [-0.25, -0.2) is 4.79 Å². The van der Waals surface area contributed by atoms with Crippen LogP contribution in [-0.2, 0) is 4.79 Å². The summed E-state index contributed by atoms with van der Waals surface area (Å²) in [4.78, 5) is 10.8. The van der Waals surface area contributed by atoms with E-state index in [0.717, 1.165) is 5.56 Å². The van der Waals surface area contributed by atoms with Crippen LogP contribution >= 0.6 is 0 Å². The summed E-state index contributed by atoms with van der Waals surface area (Å²) in [5.74, 6) is 6.04. The topological polar surface area (TPSA) is 55.8 Å². The summed E-state index contributed by atoms with van der Waals surface area (Å²) in [7, 11) is 0. The van der Waals surface area contributed by atoms with Crippen LogP contribution in [0.5, 0.6) is 11.5 Å². The fraction of sp³-hybridized carbons (Fsp3) is 0.214. The fourth-order valence-electron chi connectivity index (χ4n) is 1.50. The zero-order valence-electron chi connectivity index (χ0n) is 9.90. The standard InChI is InChI=1S/C14H12O4/c1-2-11(14(15)16)5-3-4-10-6-7-12-13(8-10)18-9-17-12/h5-8H,2,9H2,1H3,(H,15,16). The normalized spacial score (nSPS) is 12.8. The third-order valence-electron chi connectivity index (χ3n) is 2.49. The Labute approximate surface area is 105 Å². The maximum atomic E-state index is 10.8. The Bertz CT molecular complexity index is 561. The lowest BCUT2D eigenvalue weighted by Crippen LogP contribution is -1.98. The Morgan fingerprint density at radius 3 is 2.94 bits per heavy atom. The molecule has 1 N–H and O–H groups in total. The van der Waals surface area contributed by atoms with E-state index in [9.17, 15) is 4.79 Å². The van der Waals surface area contributed by atoms with Gasteiger partial charge in [0, 0.05) is 11.1 Å². The van der Waals surface area contributed by atoms with Crippen molar-refractivity contribution in [2.45, 2.75) is 13.3 Å². The van der Waals surface area contributed by atoms with E-state index in [1.165, 1.54) is 6.08 Å². The summed E-state index contributed by atoms with van der Waals surface area (Å²) < 4.78 is 10.4. The van der Waals surface area contributed by atoms with Crippen LogP contribution < -0.4 is 9.47 Å². The fourth-order valence-corrected chi connectivity index (χ4v) is 1.50. The number of fused-ring (bicyclic) bond motifs is 1. The molecule has 0 aliphatic carbocycles. The van der Waals surface area contributed by atoms with E-state index in [1.807, 2.05) is 0 Å². The van der Waals surface area contributed by atoms with Gasteiger partial charge in [-0.05, 0) is 30.7 Å². The molecule has 1 aliphatic heterocycles. The second kappa shape index (κ2) is 5.28. The van der Waals surface area contributed by atoms with Crippen molar-refractivity contribution in [3.8, 4) is 23.3 Å². The van der Waals surface area contributed by atoms with Crippen molar-refractivity contribution in [2.24, 2.45) is 0 Å². The van der Waals surface area contributed by atoms with Crippen molar-refractivity contribution in [1.82, 2.24) is 0 Å². The quantitative estimate of drug-likeness (QED) is 0.640. The van der Waals surface area contributed by atoms with Crippen molar-refractivity contribution in [3.63, 3.8) is 0 Å². The monoisotopic (exact) mass is 244 g/mol. The van der Waals surface area contributed by atoms with Crippen LogP contribution in [0, 0.1) is 11.8 Å². The van der Waals surface area contributed by atoms with Crippen LogP contribution in [0.2, 0.25) is 0 Å². The molecule has 0 fully saturated rings. The lowest BCUT2D eigenvalue weighted by Gasteiger charge is -1.95. The van der Waals surface area contributed by atoms with Gasteiger partial charge in [-0.15, -0.1) is 0 Å². The summed E-state index contributed by atoms with van der Waals surface area (Å²) in [5.41, 5.74) is 1.06. The lowest BCUT2D eigenvalue weighted by molar-refractivity contribution is -0.132. The molecule has 0 aromatic heterocycles. The third kappa shape index (κ3) is 2.64. The molecule has 0 bridgehead atoms. The molecule has 0 saturated carbocycles. The molecule has 92 valence electrons. The molecular formula is C14H12O4. The second-order valence-electron chi connectivity index (χ2n) is 3.67. The van der Waals surface area contributed by atoms with Crippen molar-refractivity contribution < 1.29 is 19.4 Å². The van der Waals surface area contributed by atoms with Crippen LogP contribution in [0.1, 0.15) is 18.9 Å². The molecule has 0 spiro atoms. The maximum Gasteiger partial charge on any atom is 0.332 e.